The number of hydrogen-bond donors (Lipinski definition) is 1. The van der Waals surface area contributed by atoms with Gasteiger partial charge in [0.25, 0.3) is 11.8 Å². The zero-order valence-corrected chi connectivity index (χ0v) is 19.2. The number of benzene rings is 2. The monoisotopic (exact) mass is 492 g/mol. The first kappa shape index (κ1) is 23.6. The zero-order valence-electron chi connectivity index (χ0n) is 19.2. The van der Waals surface area contributed by atoms with Crippen LogP contribution in [0.3, 0.4) is 0 Å². The molecule has 1 atom stereocenters. The molecule has 0 spiro atoms. The second kappa shape index (κ2) is 9.49. The highest BCUT2D eigenvalue weighted by molar-refractivity contribution is 5.99. The van der Waals surface area contributed by atoms with Crippen LogP contribution in [0.2, 0.25) is 0 Å². The lowest BCUT2D eigenvalue weighted by atomic mass is 10.1. The maximum atomic E-state index is 13.2. The van der Waals surface area contributed by atoms with E-state index < -0.39 is 17.6 Å². The average Bonchev–Trinajstić information content (AvgIpc) is 3.52. The summed E-state index contributed by atoms with van der Waals surface area (Å²) >= 11 is 0. The molecule has 0 aliphatic carbocycles. The van der Waals surface area contributed by atoms with Gasteiger partial charge in [-0.2, -0.15) is 13.2 Å². The number of nitrogens with zero attached hydrogens (tertiary/aromatic N) is 3. The Balaban J connectivity index is 1.41. The van der Waals surface area contributed by atoms with E-state index in [1.807, 2.05) is 24.3 Å². The smallest absolute Gasteiger partial charge is 0.347 e. The number of likely N-dealkylation sites (tertiary alicyclic amines) is 1. The number of carbonyl (C=O) groups is 2. The Kier molecular flexibility index (Phi) is 6.22. The van der Waals surface area contributed by atoms with Crippen LogP contribution in [0.1, 0.15) is 56.7 Å². The van der Waals surface area contributed by atoms with E-state index in [9.17, 15) is 22.8 Å². The van der Waals surface area contributed by atoms with Crippen LogP contribution in [0.25, 0.3) is 5.52 Å². The molecule has 6 nitrogen and oxygen atoms in total. The molecule has 0 saturated carbocycles. The number of hydrogen-bond acceptors (Lipinski definition) is 3. The predicted octanol–water partition coefficient (Wildman–Crippen LogP) is 5.26. The highest BCUT2D eigenvalue weighted by atomic mass is 19.4. The summed E-state index contributed by atoms with van der Waals surface area (Å²) in [6, 6.07) is 18.9. The van der Waals surface area contributed by atoms with Crippen LogP contribution in [-0.4, -0.2) is 32.6 Å². The van der Waals surface area contributed by atoms with Crippen LogP contribution >= 0.6 is 0 Å². The van der Waals surface area contributed by atoms with E-state index >= 15 is 0 Å². The molecular formula is C27H23F3N4O2. The summed E-state index contributed by atoms with van der Waals surface area (Å²) < 4.78 is 40.9. The van der Waals surface area contributed by atoms with E-state index in [0.29, 0.717) is 35.4 Å². The lowest BCUT2D eigenvalue weighted by Crippen LogP contribution is -2.31. The number of alkyl halides is 3. The lowest BCUT2D eigenvalue weighted by molar-refractivity contribution is -0.137. The molecule has 1 saturated heterocycles. The third kappa shape index (κ3) is 4.56. The number of fused-ring (bicyclic) bond motifs is 1. The van der Waals surface area contributed by atoms with E-state index in [4.69, 9.17) is 0 Å². The van der Waals surface area contributed by atoms with Gasteiger partial charge in [0, 0.05) is 24.8 Å². The van der Waals surface area contributed by atoms with Crippen LogP contribution in [-0.2, 0) is 12.7 Å². The summed E-state index contributed by atoms with van der Waals surface area (Å²) in [6.07, 6.45) is -1.15. The van der Waals surface area contributed by atoms with E-state index in [2.05, 4.69) is 10.3 Å². The Bertz CT molecular complexity index is 1420. The SMILES string of the molecule is O=C(NCc1cccc(C(F)(F)F)c1)c1nc([C@H]2CCCN2C(=O)c2ccccc2)n2ccccc12. The molecule has 1 aliphatic rings. The van der Waals surface area contributed by atoms with Gasteiger partial charge >= 0.3 is 6.18 Å². The second-order valence-electron chi connectivity index (χ2n) is 8.68. The molecule has 0 bridgehead atoms. The summed E-state index contributed by atoms with van der Waals surface area (Å²) in [5.74, 6) is -0.0146. The molecule has 0 unspecified atom stereocenters. The Morgan fingerprint density at radius 2 is 1.78 bits per heavy atom. The van der Waals surface area contributed by atoms with Crippen LogP contribution in [0.5, 0.6) is 0 Å². The highest BCUT2D eigenvalue weighted by Crippen LogP contribution is 2.34. The van der Waals surface area contributed by atoms with Gasteiger partial charge in [0.1, 0.15) is 5.82 Å². The van der Waals surface area contributed by atoms with Gasteiger partial charge in [0.15, 0.2) is 5.69 Å². The Hall–Kier alpha value is -4.14. The van der Waals surface area contributed by atoms with Crippen molar-refractivity contribution in [2.24, 2.45) is 0 Å². The molecular weight excluding hydrogens is 469 g/mol. The van der Waals surface area contributed by atoms with Gasteiger partial charge < -0.3 is 14.6 Å². The first-order chi connectivity index (χ1) is 17.3. The van der Waals surface area contributed by atoms with Gasteiger partial charge in [-0.25, -0.2) is 4.98 Å². The number of nitrogens with one attached hydrogen (secondary N) is 1. The van der Waals surface area contributed by atoms with Crippen molar-refractivity contribution in [3.63, 3.8) is 0 Å². The molecule has 184 valence electrons. The normalized spacial score (nSPS) is 15.9. The first-order valence-corrected chi connectivity index (χ1v) is 11.6. The van der Waals surface area contributed by atoms with Crippen molar-refractivity contribution in [1.82, 2.24) is 19.6 Å². The molecule has 9 heteroatoms. The number of aromatic nitrogens is 2. The van der Waals surface area contributed by atoms with Crippen molar-refractivity contribution in [1.29, 1.82) is 0 Å². The highest BCUT2D eigenvalue weighted by Gasteiger charge is 2.35. The van der Waals surface area contributed by atoms with Crippen molar-refractivity contribution in [2.75, 3.05) is 6.54 Å². The third-order valence-electron chi connectivity index (χ3n) is 6.33. The maximum absolute atomic E-state index is 13.2. The molecule has 36 heavy (non-hydrogen) atoms. The molecule has 2 aromatic carbocycles. The number of rotatable bonds is 5. The molecule has 4 aromatic rings. The summed E-state index contributed by atoms with van der Waals surface area (Å²) in [5, 5.41) is 2.69. The van der Waals surface area contributed by atoms with Crippen LogP contribution in [0.15, 0.2) is 79.0 Å². The predicted molar refractivity (Wildman–Crippen MR) is 127 cm³/mol. The number of halogens is 3. The van der Waals surface area contributed by atoms with Crippen LogP contribution in [0, 0.1) is 0 Å². The zero-order chi connectivity index (χ0) is 25.3. The molecule has 5 rings (SSSR count). The minimum atomic E-state index is -4.46. The fourth-order valence-corrected chi connectivity index (χ4v) is 4.61. The van der Waals surface area contributed by atoms with E-state index in [1.165, 1.54) is 12.1 Å². The molecule has 2 aromatic heterocycles. The fourth-order valence-electron chi connectivity index (χ4n) is 4.61. The minimum Gasteiger partial charge on any atom is -0.347 e. The van der Waals surface area contributed by atoms with Gasteiger partial charge in [-0.05, 0) is 54.8 Å². The van der Waals surface area contributed by atoms with Gasteiger partial charge in [0.05, 0.1) is 17.1 Å². The van der Waals surface area contributed by atoms with Gasteiger partial charge in [-0.1, -0.05) is 36.4 Å². The molecule has 1 fully saturated rings. The van der Waals surface area contributed by atoms with Crippen LogP contribution < -0.4 is 5.32 Å². The largest absolute Gasteiger partial charge is 0.416 e. The Morgan fingerprint density at radius 1 is 1.00 bits per heavy atom. The minimum absolute atomic E-state index is 0.0774. The van der Waals surface area contributed by atoms with E-state index in [-0.39, 0.29) is 24.2 Å². The summed E-state index contributed by atoms with van der Waals surface area (Å²) in [4.78, 5) is 32.7. The van der Waals surface area contributed by atoms with Crippen molar-refractivity contribution >= 4 is 17.3 Å². The van der Waals surface area contributed by atoms with Crippen molar-refractivity contribution < 1.29 is 22.8 Å². The van der Waals surface area contributed by atoms with Crippen LogP contribution in [0.4, 0.5) is 13.2 Å². The topological polar surface area (TPSA) is 66.7 Å². The standard InChI is InChI=1S/C27H23F3N4O2/c28-27(29,30)20-11-6-8-18(16-20)17-31-25(35)23-21-12-4-5-14-33(21)24(32-23)22-13-7-15-34(22)26(36)19-9-2-1-3-10-19/h1-6,8-12,14,16,22H,7,13,15,17H2,(H,31,35)/t22-/m1/s1. The Labute approximate surface area is 205 Å². The quantitative estimate of drug-likeness (QED) is 0.413. The van der Waals surface area contributed by atoms with E-state index in [0.717, 1.165) is 18.6 Å². The Morgan fingerprint density at radius 3 is 2.56 bits per heavy atom. The first-order valence-electron chi connectivity index (χ1n) is 11.6. The lowest BCUT2D eigenvalue weighted by Gasteiger charge is -2.24. The third-order valence-corrected chi connectivity index (χ3v) is 6.33. The molecule has 0 radical (unpaired) electrons. The van der Waals surface area contributed by atoms with Gasteiger partial charge in [-0.3, -0.25) is 9.59 Å². The summed E-state index contributed by atoms with van der Waals surface area (Å²) in [6.45, 7) is 0.503. The van der Waals surface area contributed by atoms with E-state index in [1.54, 1.807) is 39.8 Å². The number of carbonyl (C=O) groups excluding carboxylic acids is 2. The summed E-state index contributed by atoms with van der Waals surface area (Å²) in [5.41, 5.74) is 0.875. The molecule has 2 amide bonds. The average molecular weight is 493 g/mol. The van der Waals surface area contributed by atoms with Crippen molar-refractivity contribution in [3.8, 4) is 0 Å². The van der Waals surface area contributed by atoms with Gasteiger partial charge in [0.2, 0.25) is 0 Å². The molecule has 3 heterocycles. The molecule has 1 aliphatic heterocycles. The fraction of sp³-hybridized carbons (Fsp3) is 0.222. The molecule has 1 N–H and O–H groups in total. The van der Waals surface area contributed by atoms with Crippen molar-refractivity contribution in [3.05, 3.63) is 107 Å². The summed E-state index contributed by atoms with van der Waals surface area (Å²) in [7, 11) is 0. The maximum Gasteiger partial charge on any atom is 0.416 e. The van der Waals surface area contributed by atoms with Gasteiger partial charge in [-0.15, -0.1) is 0 Å². The second-order valence-corrected chi connectivity index (χ2v) is 8.68. The number of amides is 2. The number of pyridine rings is 1. The number of imidazole rings is 1. The van der Waals surface area contributed by atoms with Crippen molar-refractivity contribution in [2.45, 2.75) is 31.6 Å².